The fraction of sp³-hybridized carbons (Fsp3) is 0.375. The first-order chi connectivity index (χ1) is 15.3. The molecule has 6 nitrogen and oxygen atoms in total. The summed E-state index contributed by atoms with van der Waals surface area (Å²) in [5, 5.41) is 13.0. The molecule has 1 fully saturated rings. The monoisotopic (exact) mass is 436 g/mol. The van der Waals surface area contributed by atoms with E-state index in [-0.39, 0.29) is 32.0 Å². The molecule has 2 aromatic carbocycles. The van der Waals surface area contributed by atoms with Crippen LogP contribution in [0.5, 0.6) is 0 Å². The predicted molar refractivity (Wildman–Crippen MR) is 123 cm³/mol. The Labute approximate surface area is 185 Å². The minimum absolute atomic E-state index is 0.0186. The zero-order chi connectivity index (χ0) is 22.5. The highest BCUT2D eigenvalue weighted by Gasteiger charge is 2.35. The largest absolute Gasteiger partial charge is 0.378 e. The van der Waals surface area contributed by atoms with Crippen molar-refractivity contribution in [2.45, 2.75) is 45.6 Å². The quantitative estimate of drug-likeness (QED) is 0.470. The third-order valence-corrected chi connectivity index (χ3v) is 6.26. The van der Waals surface area contributed by atoms with Gasteiger partial charge in [0.25, 0.3) is 5.92 Å². The lowest BCUT2D eigenvalue weighted by Crippen LogP contribution is -2.40. The fourth-order valence-corrected chi connectivity index (χ4v) is 4.45. The minimum Gasteiger partial charge on any atom is -0.378 e. The number of aromatic nitrogens is 4. The molecule has 1 aliphatic heterocycles. The highest BCUT2D eigenvalue weighted by atomic mass is 19.3. The van der Waals surface area contributed by atoms with Crippen LogP contribution in [0.15, 0.2) is 42.7 Å². The standard InChI is InChI=1S/C24H26F2N6/c1-15-12-18(17(3)28-20-7-5-4-6-16(20)2)21-19(13-15)22-30-27-14-32(22)23(29-21)31-10-8-24(25,26)9-11-31/h4-7,12-14,17,28H,8-11H2,1-3H3. The maximum Gasteiger partial charge on any atom is 0.251 e. The van der Waals surface area contributed by atoms with Crippen molar-refractivity contribution in [3.05, 3.63) is 59.4 Å². The van der Waals surface area contributed by atoms with Gasteiger partial charge in [-0.2, -0.15) is 0 Å². The highest BCUT2D eigenvalue weighted by Crippen LogP contribution is 2.34. The number of nitrogens with one attached hydrogen (secondary N) is 1. The zero-order valence-corrected chi connectivity index (χ0v) is 18.4. The summed E-state index contributed by atoms with van der Waals surface area (Å²) in [5.74, 6) is -2.00. The van der Waals surface area contributed by atoms with Gasteiger partial charge in [0.15, 0.2) is 5.65 Å². The number of anilines is 2. The van der Waals surface area contributed by atoms with E-state index in [9.17, 15) is 8.78 Å². The van der Waals surface area contributed by atoms with E-state index >= 15 is 0 Å². The van der Waals surface area contributed by atoms with Gasteiger partial charge < -0.3 is 10.2 Å². The number of halogens is 2. The van der Waals surface area contributed by atoms with E-state index in [0.29, 0.717) is 11.6 Å². The van der Waals surface area contributed by atoms with Crippen molar-refractivity contribution >= 4 is 28.2 Å². The molecular weight excluding hydrogens is 410 g/mol. The van der Waals surface area contributed by atoms with Gasteiger partial charge in [0.1, 0.15) is 6.33 Å². The van der Waals surface area contributed by atoms with E-state index in [0.717, 1.165) is 27.7 Å². The Morgan fingerprint density at radius 2 is 1.84 bits per heavy atom. The molecule has 32 heavy (non-hydrogen) atoms. The summed E-state index contributed by atoms with van der Waals surface area (Å²) in [6.07, 6.45) is 1.26. The average Bonchev–Trinajstić information content (AvgIpc) is 3.25. The van der Waals surface area contributed by atoms with Crippen molar-refractivity contribution < 1.29 is 8.78 Å². The zero-order valence-electron chi connectivity index (χ0n) is 18.4. The van der Waals surface area contributed by atoms with E-state index in [1.807, 2.05) is 21.4 Å². The number of hydrogen-bond donors (Lipinski definition) is 1. The number of alkyl halides is 2. The fourth-order valence-electron chi connectivity index (χ4n) is 4.45. The Balaban J connectivity index is 1.63. The van der Waals surface area contributed by atoms with Crippen molar-refractivity contribution in [3.63, 3.8) is 0 Å². The highest BCUT2D eigenvalue weighted by molar-refractivity contribution is 5.95. The summed E-state index contributed by atoms with van der Waals surface area (Å²) < 4.78 is 29.3. The number of aryl methyl sites for hydroxylation is 2. The molecule has 8 heteroatoms. The van der Waals surface area contributed by atoms with E-state index < -0.39 is 5.92 Å². The van der Waals surface area contributed by atoms with Crippen LogP contribution in [0, 0.1) is 13.8 Å². The van der Waals surface area contributed by atoms with Crippen LogP contribution in [0.4, 0.5) is 20.4 Å². The van der Waals surface area contributed by atoms with Gasteiger partial charge in [-0.3, -0.25) is 4.40 Å². The molecule has 0 amide bonds. The third kappa shape index (κ3) is 3.63. The Kier molecular flexibility index (Phi) is 4.95. The van der Waals surface area contributed by atoms with Gasteiger partial charge in [0.05, 0.1) is 11.6 Å². The first kappa shape index (κ1) is 20.6. The first-order valence-electron chi connectivity index (χ1n) is 10.9. The van der Waals surface area contributed by atoms with Gasteiger partial charge in [-0.15, -0.1) is 10.2 Å². The van der Waals surface area contributed by atoms with Gasteiger partial charge in [-0.25, -0.2) is 13.8 Å². The Hall–Kier alpha value is -3.29. The van der Waals surface area contributed by atoms with E-state index in [2.05, 4.69) is 60.6 Å². The maximum atomic E-state index is 13.8. The van der Waals surface area contributed by atoms with Crippen LogP contribution < -0.4 is 10.2 Å². The molecular formula is C24H26F2N6. The van der Waals surface area contributed by atoms with Crippen molar-refractivity contribution in [2.24, 2.45) is 0 Å². The average molecular weight is 437 g/mol. The summed E-state index contributed by atoms with van der Waals surface area (Å²) in [6, 6.07) is 12.3. The predicted octanol–water partition coefficient (Wildman–Crippen LogP) is 5.30. The van der Waals surface area contributed by atoms with Crippen LogP contribution in [0.1, 0.15) is 42.5 Å². The summed E-state index contributed by atoms with van der Waals surface area (Å²) >= 11 is 0. The van der Waals surface area contributed by atoms with Crippen LogP contribution in [-0.4, -0.2) is 38.6 Å². The van der Waals surface area contributed by atoms with Crippen molar-refractivity contribution in [3.8, 4) is 0 Å². The Morgan fingerprint density at radius 3 is 2.59 bits per heavy atom. The molecule has 3 heterocycles. The molecule has 4 aromatic rings. The topological polar surface area (TPSA) is 58.4 Å². The Morgan fingerprint density at radius 1 is 1.09 bits per heavy atom. The maximum absolute atomic E-state index is 13.8. The number of hydrogen-bond acceptors (Lipinski definition) is 5. The molecule has 0 bridgehead atoms. The molecule has 1 N–H and O–H groups in total. The Bertz CT molecular complexity index is 1290. The molecule has 0 radical (unpaired) electrons. The molecule has 1 unspecified atom stereocenters. The van der Waals surface area contributed by atoms with E-state index in [1.54, 1.807) is 6.33 Å². The second-order valence-electron chi connectivity index (χ2n) is 8.71. The summed E-state index contributed by atoms with van der Waals surface area (Å²) in [4.78, 5) is 6.91. The van der Waals surface area contributed by atoms with Crippen LogP contribution in [-0.2, 0) is 0 Å². The molecule has 1 saturated heterocycles. The molecule has 5 rings (SSSR count). The van der Waals surface area contributed by atoms with Gasteiger partial charge in [-0.05, 0) is 44.0 Å². The lowest BCUT2D eigenvalue weighted by atomic mass is 10.0. The number of rotatable bonds is 4. The molecule has 0 aliphatic carbocycles. The van der Waals surface area contributed by atoms with Crippen LogP contribution >= 0.6 is 0 Å². The van der Waals surface area contributed by atoms with Gasteiger partial charge in [0, 0.05) is 42.6 Å². The summed E-state index contributed by atoms with van der Waals surface area (Å²) in [6.45, 7) is 6.73. The van der Waals surface area contributed by atoms with Crippen molar-refractivity contribution in [1.82, 2.24) is 19.6 Å². The van der Waals surface area contributed by atoms with Gasteiger partial charge in [0.2, 0.25) is 5.95 Å². The third-order valence-electron chi connectivity index (χ3n) is 6.26. The molecule has 0 spiro atoms. The lowest BCUT2D eigenvalue weighted by molar-refractivity contribution is -0.0222. The summed E-state index contributed by atoms with van der Waals surface area (Å²) in [5.41, 5.74) is 5.88. The SMILES string of the molecule is Cc1cc(C(C)Nc2ccccc2C)c2nc(N3CCC(F)(F)CC3)n3cnnc3c2c1. The van der Waals surface area contributed by atoms with Crippen molar-refractivity contribution in [2.75, 3.05) is 23.3 Å². The lowest BCUT2D eigenvalue weighted by Gasteiger charge is -2.32. The van der Waals surface area contributed by atoms with Crippen LogP contribution in [0.3, 0.4) is 0 Å². The number of benzene rings is 2. The number of nitrogens with zero attached hydrogens (tertiary/aromatic N) is 5. The molecule has 0 saturated carbocycles. The second-order valence-corrected chi connectivity index (χ2v) is 8.71. The van der Waals surface area contributed by atoms with Gasteiger partial charge in [-0.1, -0.05) is 24.3 Å². The minimum atomic E-state index is -2.62. The van der Waals surface area contributed by atoms with E-state index in [4.69, 9.17) is 4.98 Å². The number of para-hydroxylation sites is 1. The van der Waals surface area contributed by atoms with Crippen LogP contribution in [0.25, 0.3) is 16.6 Å². The first-order valence-corrected chi connectivity index (χ1v) is 10.9. The van der Waals surface area contributed by atoms with Gasteiger partial charge >= 0.3 is 0 Å². The number of piperidine rings is 1. The van der Waals surface area contributed by atoms with Crippen molar-refractivity contribution in [1.29, 1.82) is 0 Å². The van der Waals surface area contributed by atoms with E-state index in [1.165, 1.54) is 5.56 Å². The second kappa shape index (κ2) is 7.69. The molecule has 1 atom stereocenters. The smallest absolute Gasteiger partial charge is 0.251 e. The van der Waals surface area contributed by atoms with Crippen LogP contribution in [0.2, 0.25) is 0 Å². The molecule has 2 aromatic heterocycles. The number of fused-ring (bicyclic) bond motifs is 3. The summed E-state index contributed by atoms with van der Waals surface area (Å²) in [7, 11) is 0. The normalized spacial score (nSPS) is 17.1. The molecule has 1 aliphatic rings. The molecule has 166 valence electrons.